The average molecular weight is 1220 g/mol. The van der Waals surface area contributed by atoms with Crippen LogP contribution in [0.3, 0.4) is 0 Å². The van der Waals surface area contributed by atoms with Crippen molar-refractivity contribution in [2.24, 2.45) is 0 Å². The summed E-state index contributed by atoms with van der Waals surface area (Å²) in [6, 6.07) is -0.900. The van der Waals surface area contributed by atoms with Crippen molar-refractivity contribution in [1.29, 1.82) is 0 Å². The van der Waals surface area contributed by atoms with Gasteiger partial charge in [-0.1, -0.05) is 298 Å². The number of nitrogens with zero attached hydrogens (tertiary/aromatic N) is 1. The monoisotopic (exact) mass is 1220 g/mol. The number of unbranched alkanes of at least 4 members (excludes halogenated alkanes) is 35. The summed E-state index contributed by atoms with van der Waals surface area (Å²) >= 11 is 0. The van der Waals surface area contributed by atoms with E-state index in [1.165, 1.54) is 180 Å². The van der Waals surface area contributed by atoms with Gasteiger partial charge in [-0.05, 0) is 109 Å². The van der Waals surface area contributed by atoms with E-state index in [1.54, 1.807) is 0 Å². The molecule has 0 rings (SSSR count). The van der Waals surface area contributed by atoms with Crippen LogP contribution in [-0.4, -0.2) is 69.4 Å². The molecule has 0 saturated heterocycles. The highest BCUT2D eigenvalue weighted by Gasteiger charge is 2.27. The molecule has 0 aliphatic carbocycles. The lowest BCUT2D eigenvalue weighted by atomic mass is 10.0. The number of nitrogens with one attached hydrogen (secondary N) is 1. The zero-order valence-electron chi connectivity index (χ0n) is 57.0. The number of likely N-dealkylation sites (N-methyl/N-ethyl adjacent to an activating group) is 1. The zero-order valence-corrected chi connectivity index (χ0v) is 57.9. The minimum Gasteiger partial charge on any atom is -0.756 e. The van der Waals surface area contributed by atoms with Gasteiger partial charge in [0.1, 0.15) is 19.3 Å². The van der Waals surface area contributed by atoms with E-state index >= 15 is 0 Å². The van der Waals surface area contributed by atoms with Gasteiger partial charge in [0, 0.05) is 12.8 Å². The third-order valence-electron chi connectivity index (χ3n) is 15.7. The highest BCUT2D eigenvalue weighted by Crippen LogP contribution is 2.38. The molecular weight excluding hydrogens is 1080 g/mol. The second kappa shape index (κ2) is 64.9. The predicted molar refractivity (Wildman–Crippen MR) is 371 cm³/mol. The fourth-order valence-electron chi connectivity index (χ4n) is 10.2. The molecule has 0 aromatic carbocycles. The first-order chi connectivity index (χ1) is 41.9. The third kappa shape index (κ3) is 65.4. The summed E-state index contributed by atoms with van der Waals surface area (Å²) in [5, 5.41) is 3.04. The largest absolute Gasteiger partial charge is 0.756 e. The SMILES string of the molecule is CC/C=C\C/C=C\C/C=C\C/C=C\C/C=C\CCCCCCCCCC(=O)NC(COP(=O)([O-])OCC[N+](C)(C)C)C(/C=C/CCCCCCCCCCCC)OC(=O)CCCCCCCCCCCCCCCCC/C=C\C/C=C\CCCCC. The molecule has 86 heavy (non-hydrogen) atoms. The van der Waals surface area contributed by atoms with Crippen LogP contribution in [0.5, 0.6) is 0 Å². The summed E-state index contributed by atoms with van der Waals surface area (Å²) in [5.74, 6) is -0.548. The Morgan fingerprint density at radius 2 is 0.744 bits per heavy atom. The number of esters is 1. The number of ether oxygens (including phenoxy) is 1. The van der Waals surface area contributed by atoms with Crippen LogP contribution in [0.15, 0.2) is 97.2 Å². The Hall–Kier alpha value is -3.07. The topological polar surface area (TPSA) is 114 Å². The second-order valence-corrected chi connectivity index (χ2v) is 26.8. The molecule has 498 valence electrons. The predicted octanol–water partition coefficient (Wildman–Crippen LogP) is 22.4. The molecule has 0 aromatic rings. The van der Waals surface area contributed by atoms with Gasteiger partial charge in [-0.15, -0.1) is 0 Å². The summed E-state index contributed by atoms with van der Waals surface area (Å²) in [5.41, 5.74) is 0. The van der Waals surface area contributed by atoms with Crippen molar-refractivity contribution in [2.45, 2.75) is 335 Å². The summed E-state index contributed by atoms with van der Waals surface area (Å²) in [4.78, 5) is 40.2. The van der Waals surface area contributed by atoms with Crippen LogP contribution >= 0.6 is 7.82 Å². The summed E-state index contributed by atoms with van der Waals surface area (Å²) < 4.78 is 30.5. The number of phosphoric ester groups is 1. The fourth-order valence-corrected chi connectivity index (χ4v) is 11.0. The van der Waals surface area contributed by atoms with Crippen molar-refractivity contribution in [3.8, 4) is 0 Å². The molecule has 0 aliphatic rings. The highest BCUT2D eigenvalue weighted by molar-refractivity contribution is 7.45. The molecule has 10 heteroatoms. The average Bonchev–Trinajstić information content (AvgIpc) is 3.66. The van der Waals surface area contributed by atoms with Gasteiger partial charge in [-0.2, -0.15) is 0 Å². The quantitative estimate of drug-likeness (QED) is 0.0212. The van der Waals surface area contributed by atoms with Crippen molar-refractivity contribution in [1.82, 2.24) is 5.32 Å². The maximum absolute atomic E-state index is 13.6. The second-order valence-electron chi connectivity index (χ2n) is 25.4. The van der Waals surface area contributed by atoms with E-state index in [-0.39, 0.29) is 24.9 Å². The molecule has 0 saturated carbocycles. The number of rotatable bonds is 65. The zero-order chi connectivity index (χ0) is 62.8. The number of carbonyl (C=O) groups is 2. The first-order valence-corrected chi connectivity index (χ1v) is 37.5. The molecule has 0 bridgehead atoms. The maximum Gasteiger partial charge on any atom is 0.306 e. The Labute approximate surface area is 532 Å². The van der Waals surface area contributed by atoms with Gasteiger partial charge in [0.05, 0.1) is 33.8 Å². The molecule has 1 amide bonds. The van der Waals surface area contributed by atoms with Gasteiger partial charge in [0.25, 0.3) is 7.82 Å². The van der Waals surface area contributed by atoms with Gasteiger partial charge in [0.15, 0.2) is 0 Å². The lowest BCUT2D eigenvalue weighted by Gasteiger charge is -2.30. The first kappa shape index (κ1) is 82.9. The fraction of sp³-hybridized carbons (Fsp3) is 0.763. The van der Waals surface area contributed by atoms with E-state index in [4.69, 9.17) is 13.8 Å². The molecule has 0 spiro atoms. The van der Waals surface area contributed by atoms with Crippen LogP contribution in [0.1, 0.15) is 323 Å². The first-order valence-electron chi connectivity index (χ1n) is 36.0. The molecule has 0 heterocycles. The lowest BCUT2D eigenvalue weighted by molar-refractivity contribution is -0.870. The molecule has 3 atom stereocenters. The number of hydrogen-bond acceptors (Lipinski definition) is 7. The molecule has 0 fully saturated rings. The van der Waals surface area contributed by atoms with E-state index in [0.717, 1.165) is 109 Å². The normalized spacial score (nSPS) is 14.1. The highest BCUT2D eigenvalue weighted by atomic mass is 31.2. The van der Waals surface area contributed by atoms with Crippen LogP contribution in [0.2, 0.25) is 0 Å². The Bertz CT molecular complexity index is 1790. The maximum atomic E-state index is 13.6. The van der Waals surface area contributed by atoms with Crippen LogP contribution < -0.4 is 10.2 Å². The van der Waals surface area contributed by atoms with Gasteiger partial charge in [-0.25, -0.2) is 0 Å². The Morgan fingerprint density at radius 1 is 0.419 bits per heavy atom. The summed E-state index contributed by atoms with van der Waals surface area (Å²) in [6.07, 6.45) is 88.1. The Morgan fingerprint density at radius 3 is 1.14 bits per heavy atom. The molecule has 0 aromatic heterocycles. The lowest BCUT2D eigenvalue weighted by Crippen LogP contribution is -2.47. The Balaban J connectivity index is 5.07. The van der Waals surface area contributed by atoms with Gasteiger partial charge < -0.3 is 28.5 Å². The molecule has 1 N–H and O–H groups in total. The van der Waals surface area contributed by atoms with Gasteiger partial charge >= 0.3 is 5.97 Å². The molecular formula is C76H137N2O7P. The van der Waals surface area contributed by atoms with E-state index in [9.17, 15) is 19.0 Å². The van der Waals surface area contributed by atoms with Crippen LogP contribution in [0, 0.1) is 0 Å². The Kier molecular flexibility index (Phi) is 62.6. The standard InChI is InChI=1S/C76H137N2O7P/c1-7-10-13-16-19-22-25-28-30-32-34-36-38-39-41-43-45-47-49-51-54-57-60-63-66-69-76(80)85-74(67-64-61-58-55-52-27-24-21-18-15-12-9-3)73(72-84-86(81,82)83-71-70-78(4,5)6)77-75(79)68-65-62-59-56-53-50-48-46-44-42-40-37-35-33-31-29-26-23-20-17-14-11-8-2/h11,14,19-20,22-23,28-31,35,37,42,44,64,67,73-74H,7-10,12-13,15-18,21,24-27,32-34,36,38-41,43,45-63,65-66,68-72H2,1-6H3,(H-,77,79,81,82)/b14-11-,22-19-,23-20-,30-28-,31-29-,37-35-,44-42-,67-64+. The molecule has 9 nitrogen and oxygen atoms in total. The van der Waals surface area contributed by atoms with Crippen LogP contribution in [0.4, 0.5) is 0 Å². The number of amides is 1. The van der Waals surface area contributed by atoms with Crippen molar-refractivity contribution >= 4 is 19.7 Å². The van der Waals surface area contributed by atoms with Crippen LogP contribution in [0.25, 0.3) is 0 Å². The number of phosphoric acid groups is 1. The van der Waals surface area contributed by atoms with Crippen molar-refractivity contribution < 1.29 is 37.3 Å². The van der Waals surface area contributed by atoms with Crippen molar-refractivity contribution in [3.63, 3.8) is 0 Å². The molecule has 0 aliphatic heterocycles. The number of quaternary nitrogens is 1. The van der Waals surface area contributed by atoms with Crippen molar-refractivity contribution in [2.75, 3.05) is 40.9 Å². The summed E-state index contributed by atoms with van der Waals surface area (Å²) in [6.45, 7) is 6.72. The third-order valence-corrected chi connectivity index (χ3v) is 16.7. The number of allylic oxidation sites excluding steroid dienone is 15. The summed E-state index contributed by atoms with van der Waals surface area (Å²) in [7, 11) is 1.17. The minimum atomic E-state index is -4.71. The van der Waals surface area contributed by atoms with E-state index in [0.29, 0.717) is 17.4 Å². The smallest absolute Gasteiger partial charge is 0.306 e. The number of carbonyl (C=O) groups excluding carboxylic acids is 2. The van der Waals surface area contributed by atoms with Gasteiger partial charge in [-0.3, -0.25) is 14.2 Å². The minimum absolute atomic E-state index is 0.0278. The molecule has 3 unspecified atom stereocenters. The van der Waals surface area contributed by atoms with E-state index in [2.05, 4.69) is 111 Å². The van der Waals surface area contributed by atoms with Crippen LogP contribution in [-0.2, 0) is 27.9 Å². The van der Waals surface area contributed by atoms with E-state index < -0.39 is 26.6 Å². The van der Waals surface area contributed by atoms with Crippen molar-refractivity contribution in [3.05, 3.63) is 97.2 Å². The van der Waals surface area contributed by atoms with Gasteiger partial charge in [0.2, 0.25) is 5.91 Å². The van der Waals surface area contributed by atoms with E-state index in [1.807, 2.05) is 33.3 Å². The molecule has 0 radical (unpaired) electrons. The number of hydrogen-bond donors (Lipinski definition) is 1.